The largest absolute Gasteiger partial charge is 0.481 e. The van der Waals surface area contributed by atoms with Gasteiger partial charge >= 0.3 is 5.97 Å². The molecule has 20 heavy (non-hydrogen) atoms. The molecule has 0 spiro atoms. The quantitative estimate of drug-likeness (QED) is 0.858. The molecule has 0 aromatic carbocycles. The number of carbonyl (C=O) groups excluding carboxylic acids is 1. The second kappa shape index (κ2) is 7.00. The van der Waals surface area contributed by atoms with Gasteiger partial charge < -0.3 is 14.7 Å². The van der Waals surface area contributed by atoms with Gasteiger partial charge in [-0.2, -0.15) is 0 Å². The van der Waals surface area contributed by atoms with Crippen molar-refractivity contribution < 1.29 is 19.4 Å². The fraction of sp³-hybridized carbons (Fsp3) is 0.500. The van der Waals surface area contributed by atoms with Gasteiger partial charge in [-0.05, 0) is 18.1 Å². The minimum atomic E-state index is -0.912. The maximum absolute atomic E-state index is 12.2. The maximum Gasteiger partial charge on any atom is 0.305 e. The van der Waals surface area contributed by atoms with E-state index >= 15 is 0 Å². The third-order valence-electron chi connectivity index (χ3n) is 3.31. The van der Waals surface area contributed by atoms with Crippen LogP contribution < -0.4 is 0 Å². The molecule has 0 bridgehead atoms. The number of carboxylic acid groups (broad SMARTS) is 1. The predicted octanol–water partition coefficient (Wildman–Crippen LogP) is 0.716. The first kappa shape index (κ1) is 14.5. The van der Waals surface area contributed by atoms with Crippen LogP contribution in [0.15, 0.2) is 24.5 Å². The molecule has 1 aliphatic heterocycles. The average molecular weight is 278 g/mol. The summed E-state index contributed by atoms with van der Waals surface area (Å²) in [5.74, 6) is -0.936. The van der Waals surface area contributed by atoms with Crippen LogP contribution >= 0.6 is 0 Å². The Kier molecular flexibility index (Phi) is 5.06. The monoisotopic (exact) mass is 278 g/mol. The lowest BCUT2D eigenvalue weighted by molar-refractivity contribution is -0.146. The fourth-order valence-corrected chi connectivity index (χ4v) is 2.29. The van der Waals surface area contributed by atoms with Gasteiger partial charge in [-0.1, -0.05) is 6.07 Å². The van der Waals surface area contributed by atoms with Gasteiger partial charge in [0, 0.05) is 25.4 Å². The first-order chi connectivity index (χ1) is 9.66. The van der Waals surface area contributed by atoms with Crippen LogP contribution in [0, 0.1) is 0 Å². The molecular weight excluding hydrogens is 260 g/mol. The van der Waals surface area contributed by atoms with Crippen molar-refractivity contribution in [2.75, 3.05) is 19.8 Å². The standard InChI is InChI=1S/C14H18N2O4/c17-13(4-3-11-2-1-5-15-9-11)16-6-7-20-10-12(16)8-14(18)19/h1-2,5,9,12H,3-4,6-8,10H2,(H,18,19)/t12-/m0/s1. The molecule has 1 atom stereocenters. The molecule has 1 fully saturated rings. The summed E-state index contributed by atoms with van der Waals surface area (Å²) in [6.45, 7) is 1.23. The number of aromatic nitrogens is 1. The van der Waals surface area contributed by atoms with Gasteiger partial charge in [0.25, 0.3) is 0 Å². The van der Waals surface area contributed by atoms with Gasteiger partial charge in [0.15, 0.2) is 0 Å². The Bertz CT molecular complexity index is 464. The van der Waals surface area contributed by atoms with Crippen LogP contribution in [-0.4, -0.2) is 52.7 Å². The molecule has 6 heteroatoms. The second-order valence-corrected chi connectivity index (χ2v) is 4.78. The average Bonchev–Trinajstić information content (AvgIpc) is 2.46. The topological polar surface area (TPSA) is 79.7 Å². The second-order valence-electron chi connectivity index (χ2n) is 4.78. The molecule has 0 unspecified atom stereocenters. The van der Waals surface area contributed by atoms with E-state index in [1.54, 1.807) is 17.3 Å². The lowest BCUT2D eigenvalue weighted by Gasteiger charge is -2.35. The zero-order valence-electron chi connectivity index (χ0n) is 11.2. The van der Waals surface area contributed by atoms with Gasteiger partial charge in [0.2, 0.25) is 5.91 Å². The van der Waals surface area contributed by atoms with Crippen LogP contribution in [0.5, 0.6) is 0 Å². The van der Waals surface area contributed by atoms with Crippen LogP contribution in [0.3, 0.4) is 0 Å². The number of morpholine rings is 1. The number of ether oxygens (including phenoxy) is 1. The zero-order chi connectivity index (χ0) is 14.4. The molecule has 0 radical (unpaired) electrons. The molecule has 0 aliphatic carbocycles. The van der Waals surface area contributed by atoms with Crippen molar-refractivity contribution in [2.24, 2.45) is 0 Å². The molecular formula is C14H18N2O4. The molecule has 1 aromatic rings. The van der Waals surface area contributed by atoms with Crippen molar-refractivity contribution in [1.29, 1.82) is 0 Å². The number of carboxylic acids is 1. The maximum atomic E-state index is 12.2. The van der Waals surface area contributed by atoms with E-state index in [9.17, 15) is 9.59 Å². The number of rotatable bonds is 5. The molecule has 1 aromatic heterocycles. The summed E-state index contributed by atoms with van der Waals surface area (Å²) in [6.07, 6.45) is 4.34. The molecule has 0 saturated carbocycles. The molecule has 2 rings (SSSR count). The summed E-state index contributed by atoms with van der Waals surface area (Å²) in [4.78, 5) is 28.7. The van der Waals surface area contributed by atoms with Gasteiger partial charge in [-0.15, -0.1) is 0 Å². The third-order valence-corrected chi connectivity index (χ3v) is 3.31. The molecule has 108 valence electrons. The summed E-state index contributed by atoms with van der Waals surface area (Å²) >= 11 is 0. The highest BCUT2D eigenvalue weighted by atomic mass is 16.5. The van der Waals surface area contributed by atoms with Crippen molar-refractivity contribution in [3.8, 4) is 0 Å². The van der Waals surface area contributed by atoms with Gasteiger partial charge in [-0.3, -0.25) is 14.6 Å². The van der Waals surface area contributed by atoms with E-state index in [0.29, 0.717) is 32.6 Å². The van der Waals surface area contributed by atoms with E-state index in [1.807, 2.05) is 12.1 Å². The zero-order valence-corrected chi connectivity index (χ0v) is 11.2. The fourth-order valence-electron chi connectivity index (χ4n) is 2.29. The summed E-state index contributed by atoms with van der Waals surface area (Å²) in [7, 11) is 0. The Morgan fingerprint density at radius 3 is 3.05 bits per heavy atom. The molecule has 1 N–H and O–H groups in total. The number of nitrogens with zero attached hydrogens (tertiary/aromatic N) is 2. The van der Waals surface area contributed by atoms with Crippen LogP contribution in [0.1, 0.15) is 18.4 Å². The molecule has 1 aliphatic rings. The number of amides is 1. The Hall–Kier alpha value is -1.95. The van der Waals surface area contributed by atoms with Gasteiger partial charge in [0.05, 0.1) is 25.7 Å². The van der Waals surface area contributed by atoms with Crippen LogP contribution in [0.4, 0.5) is 0 Å². The minimum Gasteiger partial charge on any atom is -0.481 e. The normalized spacial score (nSPS) is 18.8. The van der Waals surface area contributed by atoms with E-state index in [1.165, 1.54) is 0 Å². The Morgan fingerprint density at radius 1 is 1.50 bits per heavy atom. The Morgan fingerprint density at radius 2 is 2.35 bits per heavy atom. The number of pyridine rings is 1. The third kappa shape index (κ3) is 4.03. The first-order valence-corrected chi connectivity index (χ1v) is 6.64. The van der Waals surface area contributed by atoms with Gasteiger partial charge in [-0.25, -0.2) is 0 Å². The van der Waals surface area contributed by atoms with Crippen molar-refractivity contribution in [1.82, 2.24) is 9.88 Å². The van der Waals surface area contributed by atoms with Crippen molar-refractivity contribution in [2.45, 2.75) is 25.3 Å². The number of aryl methyl sites for hydroxylation is 1. The lowest BCUT2D eigenvalue weighted by Crippen LogP contribution is -2.49. The van der Waals surface area contributed by atoms with E-state index < -0.39 is 5.97 Å². The molecule has 6 nitrogen and oxygen atoms in total. The number of hydrogen-bond acceptors (Lipinski definition) is 4. The van der Waals surface area contributed by atoms with Gasteiger partial charge in [0.1, 0.15) is 0 Å². The Balaban J connectivity index is 1.90. The Labute approximate surface area is 117 Å². The summed E-state index contributed by atoms with van der Waals surface area (Å²) < 4.78 is 5.26. The van der Waals surface area contributed by atoms with Crippen molar-refractivity contribution >= 4 is 11.9 Å². The van der Waals surface area contributed by atoms with Crippen LogP contribution in [0.2, 0.25) is 0 Å². The van der Waals surface area contributed by atoms with E-state index in [0.717, 1.165) is 5.56 Å². The van der Waals surface area contributed by atoms with Crippen LogP contribution in [-0.2, 0) is 20.7 Å². The number of hydrogen-bond donors (Lipinski definition) is 1. The number of aliphatic carboxylic acids is 1. The van der Waals surface area contributed by atoms with Crippen LogP contribution in [0.25, 0.3) is 0 Å². The molecule has 1 saturated heterocycles. The molecule has 2 heterocycles. The lowest BCUT2D eigenvalue weighted by atomic mass is 10.1. The highest BCUT2D eigenvalue weighted by Crippen LogP contribution is 2.13. The first-order valence-electron chi connectivity index (χ1n) is 6.64. The van der Waals surface area contributed by atoms with E-state index in [-0.39, 0.29) is 18.4 Å². The summed E-state index contributed by atoms with van der Waals surface area (Å²) in [5.41, 5.74) is 1.00. The highest BCUT2D eigenvalue weighted by molar-refractivity contribution is 5.78. The number of carbonyl (C=O) groups is 2. The smallest absolute Gasteiger partial charge is 0.305 e. The minimum absolute atomic E-state index is 0.0246. The van der Waals surface area contributed by atoms with Crippen molar-refractivity contribution in [3.05, 3.63) is 30.1 Å². The van der Waals surface area contributed by atoms with E-state index in [2.05, 4.69) is 4.98 Å². The summed E-state index contributed by atoms with van der Waals surface area (Å²) in [6, 6.07) is 3.40. The summed E-state index contributed by atoms with van der Waals surface area (Å²) in [5, 5.41) is 8.87. The van der Waals surface area contributed by atoms with Crippen molar-refractivity contribution in [3.63, 3.8) is 0 Å². The highest BCUT2D eigenvalue weighted by Gasteiger charge is 2.28. The van der Waals surface area contributed by atoms with E-state index in [4.69, 9.17) is 9.84 Å². The molecule has 1 amide bonds. The predicted molar refractivity (Wildman–Crippen MR) is 71.1 cm³/mol. The SMILES string of the molecule is O=C(O)C[C@H]1COCCN1C(=O)CCc1cccnc1.